The van der Waals surface area contributed by atoms with Crippen molar-refractivity contribution >= 4 is 15.9 Å². The van der Waals surface area contributed by atoms with Crippen LogP contribution < -0.4 is 5.73 Å². The van der Waals surface area contributed by atoms with E-state index in [0.29, 0.717) is 25.0 Å². The third-order valence-corrected chi connectivity index (χ3v) is 9.31. The first kappa shape index (κ1) is 19.6. The van der Waals surface area contributed by atoms with Crippen LogP contribution >= 0.6 is 0 Å². The molecule has 0 spiro atoms. The maximum atomic E-state index is 12.8. The molecule has 153 valence electrons. The summed E-state index contributed by atoms with van der Waals surface area (Å²) in [5.74, 6) is 1.03. The van der Waals surface area contributed by atoms with Gasteiger partial charge in [0, 0.05) is 44.7 Å². The van der Waals surface area contributed by atoms with E-state index in [9.17, 15) is 13.2 Å². The molecule has 0 aromatic rings. The summed E-state index contributed by atoms with van der Waals surface area (Å²) in [6.07, 6.45) is 6.61. The Morgan fingerprint density at radius 3 is 2.26 bits per heavy atom. The highest BCUT2D eigenvalue weighted by Gasteiger charge is 2.42. The van der Waals surface area contributed by atoms with Gasteiger partial charge in [0.1, 0.15) is 0 Å². The van der Waals surface area contributed by atoms with E-state index in [0.717, 1.165) is 71.1 Å². The number of carbonyl (C=O) groups is 1. The van der Waals surface area contributed by atoms with E-state index in [1.54, 1.807) is 4.31 Å². The van der Waals surface area contributed by atoms with Crippen LogP contribution in [-0.2, 0) is 14.8 Å². The second-order valence-electron chi connectivity index (χ2n) is 8.70. The molecule has 1 atom stereocenters. The van der Waals surface area contributed by atoms with Crippen LogP contribution in [0.15, 0.2) is 0 Å². The largest absolute Gasteiger partial charge is 0.336 e. The molecular formula is C19H33N4O3S. The van der Waals surface area contributed by atoms with Crippen LogP contribution in [0.3, 0.4) is 0 Å². The quantitative estimate of drug-likeness (QED) is 0.735. The zero-order valence-corrected chi connectivity index (χ0v) is 16.9. The van der Waals surface area contributed by atoms with Gasteiger partial charge in [-0.05, 0) is 57.4 Å². The molecule has 4 aliphatic rings. The third kappa shape index (κ3) is 4.18. The number of piperazine rings is 1. The Bertz CT molecular complexity index is 635. The van der Waals surface area contributed by atoms with Crippen molar-refractivity contribution in [2.75, 3.05) is 39.3 Å². The van der Waals surface area contributed by atoms with E-state index in [-0.39, 0.29) is 17.1 Å². The first-order valence-electron chi connectivity index (χ1n) is 10.6. The molecule has 1 radical (unpaired) electrons. The normalized spacial score (nSPS) is 34.1. The summed E-state index contributed by atoms with van der Waals surface area (Å²) in [7, 11) is -3.06. The Balaban J connectivity index is 1.25. The van der Waals surface area contributed by atoms with Gasteiger partial charge in [-0.3, -0.25) is 9.69 Å². The highest BCUT2D eigenvalue weighted by atomic mass is 32.2. The lowest BCUT2D eigenvalue weighted by molar-refractivity contribution is -0.134. The van der Waals surface area contributed by atoms with Crippen molar-refractivity contribution in [2.45, 2.75) is 56.2 Å². The molecule has 2 saturated carbocycles. The van der Waals surface area contributed by atoms with Crippen LogP contribution in [-0.4, -0.2) is 79.0 Å². The molecule has 8 heteroatoms. The highest BCUT2D eigenvalue weighted by molar-refractivity contribution is 7.90. The molecule has 2 saturated heterocycles. The molecule has 1 unspecified atom stereocenters. The number of carbonyl (C=O) groups excluding carboxylic acids is 1. The number of likely N-dealkylation sites (tertiary alicyclic amines) is 1. The van der Waals surface area contributed by atoms with Crippen LogP contribution in [0.4, 0.5) is 0 Å². The number of nitrogens with two attached hydrogens (primary N) is 1. The lowest BCUT2D eigenvalue weighted by atomic mass is 9.81. The maximum Gasteiger partial charge on any atom is 0.226 e. The topological polar surface area (TPSA) is 87.0 Å². The van der Waals surface area contributed by atoms with Gasteiger partial charge in [0.15, 0.2) is 0 Å². The lowest BCUT2D eigenvalue weighted by Crippen LogP contribution is -2.53. The standard InChI is InChI=1S/C19H33N4O3S/c20-13-15-1-3-16(4-2-15)19(24)22-8-7-17(14-22)21-9-11-23(12-10-21)27(25,26)18-5-6-18/h8,15-18H,1-7,9-14,20H2/t15-,16-,17?. The van der Waals surface area contributed by atoms with E-state index < -0.39 is 10.0 Å². The number of hydrogen-bond acceptors (Lipinski definition) is 5. The molecular weight excluding hydrogens is 364 g/mol. The summed E-state index contributed by atoms with van der Waals surface area (Å²) >= 11 is 0. The Morgan fingerprint density at radius 2 is 1.67 bits per heavy atom. The van der Waals surface area contributed by atoms with E-state index in [1.165, 1.54) is 0 Å². The minimum absolute atomic E-state index is 0.119. The van der Waals surface area contributed by atoms with Crippen molar-refractivity contribution in [1.82, 2.24) is 14.1 Å². The molecule has 4 fully saturated rings. The molecule has 2 aliphatic carbocycles. The third-order valence-electron chi connectivity index (χ3n) is 6.91. The maximum absolute atomic E-state index is 12.8. The second kappa shape index (κ2) is 7.97. The summed E-state index contributed by atoms with van der Waals surface area (Å²) in [6.45, 7) is 6.28. The summed E-state index contributed by atoms with van der Waals surface area (Å²) in [6, 6.07) is 0.333. The molecule has 27 heavy (non-hydrogen) atoms. The van der Waals surface area contributed by atoms with Crippen LogP contribution in [0.2, 0.25) is 0 Å². The molecule has 0 aromatic carbocycles. The van der Waals surface area contributed by atoms with Crippen LogP contribution in [0.1, 0.15) is 44.9 Å². The fraction of sp³-hybridized carbons (Fsp3) is 0.895. The molecule has 4 rings (SSSR count). The Kier molecular flexibility index (Phi) is 5.79. The predicted octanol–water partition coefficient (Wildman–Crippen LogP) is 0.624. The van der Waals surface area contributed by atoms with E-state index in [2.05, 4.69) is 11.4 Å². The number of sulfonamides is 1. The first-order valence-corrected chi connectivity index (χ1v) is 12.1. The Labute approximate surface area is 163 Å². The van der Waals surface area contributed by atoms with Gasteiger partial charge in [0.05, 0.1) is 11.8 Å². The number of hydrogen-bond donors (Lipinski definition) is 1. The van der Waals surface area contributed by atoms with Gasteiger partial charge >= 0.3 is 0 Å². The minimum Gasteiger partial charge on any atom is -0.336 e. The molecule has 2 N–H and O–H groups in total. The van der Waals surface area contributed by atoms with Gasteiger partial charge in [0.2, 0.25) is 15.9 Å². The Hall–Kier alpha value is -0.700. The number of rotatable bonds is 5. The van der Waals surface area contributed by atoms with Crippen molar-refractivity contribution < 1.29 is 13.2 Å². The first-order chi connectivity index (χ1) is 13.0. The Morgan fingerprint density at radius 1 is 1.00 bits per heavy atom. The van der Waals surface area contributed by atoms with E-state index in [4.69, 9.17) is 5.73 Å². The molecule has 0 aromatic heterocycles. The zero-order chi connectivity index (χ0) is 19.0. The smallest absolute Gasteiger partial charge is 0.226 e. The molecule has 1 amide bonds. The molecule has 2 heterocycles. The van der Waals surface area contributed by atoms with E-state index >= 15 is 0 Å². The predicted molar refractivity (Wildman–Crippen MR) is 104 cm³/mol. The van der Waals surface area contributed by atoms with Gasteiger partial charge in [-0.1, -0.05) is 0 Å². The lowest BCUT2D eigenvalue weighted by Gasteiger charge is -2.37. The monoisotopic (exact) mass is 397 g/mol. The minimum atomic E-state index is -3.06. The van der Waals surface area contributed by atoms with Crippen molar-refractivity contribution in [3.05, 3.63) is 6.54 Å². The average molecular weight is 398 g/mol. The fourth-order valence-electron chi connectivity index (χ4n) is 4.85. The fourth-order valence-corrected chi connectivity index (χ4v) is 6.67. The number of nitrogens with zero attached hydrogens (tertiary/aromatic N) is 3. The summed E-state index contributed by atoms with van der Waals surface area (Å²) in [5, 5.41) is -0.119. The SMILES string of the molecule is NC[C@H]1CC[C@H](C(=O)N2[CH]CC(N3CCN(S(=O)(=O)C4CC4)CC3)C2)CC1. The molecule has 2 aliphatic heterocycles. The molecule has 7 nitrogen and oxygen atoms in total. The van der Waals surface area contributed by atoms with Gasteiger partial charge in [0.25, 0.3) is 0 Å². The van der Waals surface area contributed by atoms with Gasteiger partial charge < -0.3 is 10.6 Å². The number of amides is 1. The van der Waals surface area contributed by atoms with Crippen molar-refractivity contribution in [3.8, 4) is 0 Å². The van der Waals surface area contributed by atoms with Gasteiger partial charge in [-0.2, -0.15) is 4.31 Å². The van der Waals surface area contributed by atoms with Crippen LogP contribution in [0, 0.1) is 18.4 Å². The summed E-state index contributed by atoms with van der Waals surface area (Å²) in [4.78, 5) is 17.2. The zero-order valence-electron chi connectivity index (χ0n) is 16.1. The van der Waals surface area contributed by atoms with Gasteiger partial charge in [-0.25, -0.2) is 8.42 Å². The molecule has 0 bridgehead atoms. The van der Waals surface area contributed by atoms with Crippen LogP contribution in [0.5, 0.6) is 0 Å². The average Bonchev–Trinajstić information content (AvgIpc) is 3.46. The van der Waals surface area contributed by atoms with Gasteiger partial charge in [-0.15, -0.1) is 0 Å². The van der Waals surface area contributed by atoms with Crippen molar-refractivity contribution in [1.29, 1.82) is 0 Å². The highest BCUT2D eigenvalue weighted by Crippen LogP contribution is 2.33. The summed E-state index contributed by atoms with van der Waals surface area (Å²) in [5.41, 5.74) is 5.76. The van der Waals surface area contributed by atoms with E-state index in [1.807, 2.05) is 4.90 Å². The summed E-state index contributed by atoms with van der Waals surface area (Å²) < 4.78 is 26.4. The van der Waals surface area contributed by atoms with Crippen LogP contribution in [0.25, 0.3) is 0 Å². The van der Waals surface area contributed by atoms with Crippen molar-refractivity contribution in [3.63, 3.8) is 0 Å². The second-order valence-corrected chi connectivity index (χ2v) is 10.9. The van der Waals surface area contributed by atoms with Crippen molar-refractivity contribution in [2.24, 2.45) is 17.6 Å².